The van der Waals surface area contributed by atoms with Crippen LogP contribution in [0.15, 0.2) is 48.8 Å². The van der Waals surface area contributed by atoms with E-state index in [1.54, 1.807) is 31.5 Å². The van der Waals surface area contributed by atoms with Crippen molar-refractivity contribution in [3.8, 4) is 11.5 Å². The highest BCUT2D eigenvalue weighted by atomic mass is 16.5. The summed E-state index contributed by atoms with van der Waals surface area (Å²) in [7, 11) is 3.40. The van der Waals surface area contributed by atoms with E-state index >= 15 is 0 Å². The number of likely N-dealkylation sites (N-methyl/N-ethyl adjacent to an activating group) is 1. The number of hydrogen-bond donors (Lipinski definition) is 1. The molecule has 154 valence electrons. The molecule has 2 aromatic rings. The Kier molecular flexibility index (Phi) is 7.05. The summed E-state index contributed by atoms with van der Waals surface area (Å²) in [5.41, 5.74) is 1.14. The number of ether oxygens (including phenoxy) is 2. The molecule has 1 aliphatic carbocycles. The van der Waals surface area contributed by atoms with Gasteiger partial charge in [0.05, 0.1) is 25.5 Å². The Morgan fingerprint density at radius 3 is 2.48 bits per heavy atom. The van der Waals surface area contributed by atoms with Crippen molar-refractivity contribution in [1.82, 2.24) is 15.2 Å². The van der Waals surface area contributed by atoms with Crippen molar-refractivity contribution in [2.75, 3.05) is 33.9 Å². The summed E-state index contributed by atoms with van der Waals surface area (Å²) in [4.78, 5) is 30.5. The van der Waals surface area contributed by atoms with Gasteiger partial charge in [-0.25, -0.2) is 0 Å². The number of carbonyl (C=O) groups excluding carboxylic acids is 2. The second kappa shape index (κ2) is 9.91. The Hall–Kier alpha value is -3.09. The van der Waals surface area contributed by atoms with Crippen molar-refractivity contribution < 1.29 is 19.1 Å². The molecule has 0 spiro atoms. The second-order valence-corrected chi connectivity index (χ2v) is 7.13. The summed E-state index contributed by atoms with van der Waals surface area (Å²) in [6.07, 6.45) is 4.88. The molecular formula is C22H27N3O4. The molecule has 1 heterocycles. The number of pyridine rings is 1. The van der Waals surface area contributed by atoms with Gasteiger partial charge in [0.15, 0.2) is 0 Å². The topological polar surface area (TPSA) is 80.8 Å². The van der Waals surface area contributed by atoms with Gasteiger partial charge < -0.3 is 19.7 Å². The van der Waals surface area contributed by atoms with Crippen LogP contribution in [0.3, 0.4) is 0 Å². The first-order chi connectivity index (χ1) is 14.1. The van der Waals surface area contributed by atoms with Crippen LogP contribution in [0.4, 0.5) is 0 Å². The van der Waals surface area contributed by atoms with Crippen molar-refractivity contribution in [2.24, 2.45) is 11.8 Å². The van der Waals surface area contributed by atoms with Crippen molar-refractivity contribution in [3.05, 3.63) is 54.4 Å². The van der Waals surface area contributed by atoms with Crippen LogP contribution >= 0.6 is 0 Å². The largest absolute Gasteiger partial charge is 0.497 e. The molecular weight excluding hydrogens is 370 g/mol. The SMILES string of the molecule is COc1ccc(OCCNC(=O)C2CC2C(=O)N(C)CCc2ccncc2)cc1. The lowest BCUT2D eigenvalue weighted by Gasteiger charge is -2.17. The fraction of sp³-hybridized carbons (Fsp3) is 0.409. The third-order valence-corrected chi connectivity index (χ3v) is 5.04. The highest BCUT2D eigenvalue weighted by Gasteiger charge is 2.48. The van der Waals surface area contributed by atoms with E-state index in [1.807, 2.05) is 36.4 Å². The Morgan fingerprint density at radius 1 is 1.10 bits per heavy atom. The minimum absolute atomic E-state index is 0.0358. The number of methoxy groups -OCH3 is 1. The Labute approximate surface area is 171 Å². The quantitative estimate of drug-likeness (QED) is 0.620. The van der Waals surface area contributed by atoms with Crippen LogP contribution in [-0.4, -0.2) is 55.6 Å². The van der Waals surface area contributed by atoms with E-state index in [0.29, 0.717) is 26.1 Å². The zero-order valence-corrected chi connectivity index (χ0v) is 16.8. The highest BCUT2D eigenvalue weighted by Crippen LogP contribution is 2.39. The molecule has 1 aliphatic rings. The molecule has 0 aliphatic heterocycles. The zero-order valence-electron chi connectivity index (χ0n) is 16.8. The fourth-order valence-electron chi connectivity index (χ4n) is 3.14. The molecule has 7 heteroatoms. The summed E-state index contributed by atoms with van der Waals surface area (Å²) in [5.74, 6) is 1.00. The summed E-state index contributed by atoms with van der Waals surface area (Å²) in [6.45, 7) is 1.40. The molecule has 29 heavy (non-hydrogen) atoms. The molecule has 7 nitrogen and oxygen atoms in total. The molecule has 1 N–H and O–H groups in total. The monoisotopic (exact) mass is 397 g/mol. The normalized spacial score (nSPS) is 17.3. The Balaban J connectivity index is 1.33. The van der Waals surface area contributed by atoms with Gasteiger partial charge in [0.1, 0.15) is 18.1 Å². The fourth-order valence-corrected chi connectivity index (χ4v) is 3.14. The smallest absolute Gasteiger partial charge is 0.226 e. The second-order valence-electron chi connectivity index (χ2n) is 7.13. The maximum absolute atomic E-state index is 12.5. The van der Waals surface area contributed by atoms with Gasteiger partial charge in [-0.1, -0.05) is 0 Å². The molecule has 1 aromatic carbocycles. The molecule has 0 radical (unpaired) electrons. The molecule has 2 amide bonds. The molecule has 2 atom stereocenters. The number of hydrogen-bond acceptors (Lipinski definition) is 5. The van der Waals surface area contributed by atoms with E-state index in [9.17, 15) is 9.59 Å². The van der Waals surface area contributed by atoms with E-state index in [2.05, 4.69) is 10.3 Å². The summed E-state index contributed by atoms with van der Waals surface area (Å²) in [6, 6.07) is 11.2. The number of carbonyl (C=O) groups is 2. The average Bonchev–Trinajstić information content (AvgIpc) is 3.56. The predicted octanol–water partition coefficient (Wildman–Crippen LogP) is 1.92. The molecule has 2 unspecified atom stereocenters. The van der Waals surface area contributed by atoms with Gasteiger partial charge in [-0.05, 0) is 54.8 Å². The van der Waals surface area contributed by atoms with Crippen LogP contribution in [0.5, 0.6) is 11.5 Å². The minimum Gasteiger partial charge on any atom is -0.497 e. The first-order valence-corrected chi connectivity index (χ1v) is 9.77. The van der Waals surface area contributed by atoms with Crippen molar-refractivity contribution in [3.63, 3.8) is 0 Å². The molecule has 1 aromatic heterocycles. The van der Waals surface area contributed by atoms with Gasteiger partial charge in [0.25, 0.3) is 0 Å². The Bertz CT molecular complexity index is 811. The van der Waals surface area contributed by atoms with Gasteiger partial charge in [-0.15, -0.1) is 0 Å². The number of nitrogens with zero attached hydrogens (tertiary/aromatic N) is 2. The van der Waals surface area contributed by atoms with Gasteiger partial charge in [0.2, 0.25) is 11.8 Å². The van der Waals surface area contributed by atoms with Crippen LogP contribution in [0.2, 0.25) is 0 Å². The van der Waals surface area contributed by atoms with Crippen molar-refractivity contribution in [2.45, 2.75) is 12.8 Å². The lowest BCUT2D eigenvalue weighted by atomic mass is 10.2. The van der Waals surface area contributed by atoms with Crippen LogP contribution < -0.4 is 14.8 Å². The average molecular weight is 397 g/mol. The number of benzene rings is 1. The van der Waals surface area contributed by atoms with E-state index in [0.717, 1.165) is 23.5 Å². The minimum atomic E-state index is -0.230. The van der Waals surface area contributed by atoms with E-state index in [4.69, 9.17) is 9.47 Å². The van der Waals surface area contributed by atoms with Crippen molar-refractivity contribution >= 4 is 11.8 Å². The van der Waals surface area contributed by atoms with Crippen LogP contribution in [0.1, 0.15) is 12.0 Å². The lowest BCUT2D eigenvalue weighted by molar-refractivity contribution is -0.133. The number of aromatic nitrogens is 1. The van der Waals surface area contributed by atoms with Crippen molar-refractivity contribution in [1.29, 1.82) is 0 Å². The van der Waals surface area contributed by atoms with Gasteiger partial charge in [-0.2, -0.15) is 0 Å². The number of nitrogens with one attached hydrogen (secondary N) is 1. The molecule has 0 bridgehead atoms. The van der Waals surface area contributed by atoms with Crippen LogP contribution in [0, 0.1) is 11.8 Å². The Morgan fingerprint density at radius 2 is 1.79 bits per heavy atom. The molecule has 1 fully saturated rings. The summed E-state index contributed by atoms with van der Waals surface area (Å²) < 4.78 is 10.7. The highest BCUT2D eigenvalue weighted by molar-refractivity contribution is 5.92. The molecule has 0 saturated heterocycles. The van der Waals surface area contributed by atoms with Gasteiger partial charge in [-0.3, -0.25) is 14.6 Å². The summed E-state index contributed by atoms with van der Waals surface area (Å²) >= 11 is 0. The maximum atomic E-state index is 12.5. The molecule has 3 rings (SSSR count). The predicted molar refractivity (Wildman–Crippen MR) is 109 cm³/mol. The first-order valence-electron chi connectivity index (χ1n) is 9.77. The van der Waals surface area contributed by atoms with E-state index in [-0.39, 0.29) is 23.7 Å². The van der Waals surface area contributed by atoms with E-state index < -0.39 is 0 Å². The number of rotatable bonds is 10. The lowest BCUT2D eigenvalue weighted by Crippen LogP contribution is -2.34. The first kappa shape index (κ1) is 20.6. The van der Waals surface area contributed by atoms with Gasteiger partial charge in [0, 0.05) is 26.0 Å². The third-order valence-electron chi connectivity index (χ3n) is 5.04. The van der Waals surface area contributed by atoms with E-state index in [1.165, 1.54) is 0 Å². The zero-order chi connectivity index (χ0) is 20.6. The van der Waals surface area contributed by atoms with Gasteiger partial charge >= 0.3 is 0 Å². The van der Waals surface area contributed by atoms with Crippen LogP contribution in [-0.2, 0) is 16.0 Å². The molecule has 1 saturated carbocycles. The third kappa shape index (κ3) is 5.94. The summed E-state index contributed by atoms with van der Waals surface area (Å²) in [5, 5.41) is 2.85. The maximum Gasteiger partial charge on any atom is 0.226 e. The van der Waals surface area contributed by atoms with Crippen LogP contribution in [0.25, 0.3) is 0 Å². The standard InChI is InChI=1S/C22H27N3O4/c1-25(13-9-16-7-10-23-11-8-16)22(27)20-15-19(20)21(26)24-12-14-29-18-5-3-17(28-2)4-6-18/h3-8,10-11,19-20H,9,12-15H2,1-2H3,(H,24,26). The number of amides is 2.